The first-order chi connectivity index (χ1) is 12.0. The number of rotatable bonds is 5. The molecule has 0 saturated heterocycles. The molecule has 0 amide bonds. The first-order valence-corrected chi connectivity index (χ1v) is 7.66. The Hall–Kier alpha value is -3.48. The van der Waals surface area contributed by atoms with Crippen LogP contribution in [-0.2, 0) is 4.79 Å². The molecule has 3 aromatic rings. The smallest absolute Gasteiger partial charge is 0.333 e. The number of hydrogen-bond donors (Lipinski definition) is 1. The van der Waals surface area contributed by atoms with Gasteiger partial charge >= 0.3 is 5.97 Å². The van der Waals surface area contributed by atoms with E-state index < -0.39 is 10.9 Å². The molecule has 0 bridgehead atoms. The highest BCUT2D eigenvalue weighted by atomic mass is 16.6. The first-order valence-electron chi connectivity index (χ1n) is 7.66. The van der Waals surface area contributed by atoms with E-state index in [0.29, 0.717) is 23.2 Å². The lowest BCUT2D eigenvalue weighted by molar-refractivity contribution is -0.384. The first kappa shape index (κ1) is 16.4. The van der Waals surface area contributed by atoms with Crippen molar-refractivity contribution in [3.8, 4) is 0 Å². The molecule has 0 spiro atoms. The number of carboxylic acid groups (broad SMARTS) is 1. The van der Waals surface area contributed by atoms with Crippen LogP contribution in [0.3, 0.4) is 0 Å². The van der Waals surface area contributed by atoms with Crippen LogP contribution in [0.4, 0.5) is 5.69 Å². The molecular weight excluding hydrogens is 322 g/mol. The maximum absolute atomic E-state index is 11.7. The normalized spacial score (nSPS) is 12.0. The molecule has 25 heavy (non-hydrogen) atoms. The molecule has 0 unspecified atom stereocenters. The van der Waals surface area contributed by atoms with Crippen LogP contribution in [0.25, 0.3) is 16.7 Å². The minimum absolute atomic E-state index is 0.0584. The quantitative estimate of drug-likeness (QED) is 0.435. The minimum Gasteiger partial charge on any atom is -0.478 e. The highest BCUT2D eigenvalue weighted by Crippen LogP contribution is 2.28. The van der Waals surface area contributed by atoms with Crippen molar-refractivity contribution in [3.63, 3.8) is 0 Å². The van der Waals surface area contributed by atoms with Crippen LogP contribution in [0.5, 0.6) is 0 Å². The lowest BCUT2D eigenvalue weighted by Gasteiger charge is -2.14. The molecule has 1 aromatic heterocycles. The molecule has 7 heteroatoms. The predicted octanol–water partition coefficient (Wildman–Crippen LogP) is 3.70. The van der Waals surface area contributed by atoms with Gasteiger partial charge in [-0.3, -0.25) is 14.7 Å². The van der Waals surface area contributed by atoms with Gasteiger partial charge in [0, 0.05) is 12.1 Å². The van der Waals surface area contributed by atoms with Gasteiger partial charge in [-0.05, 0) is 18.1 Å². The van der Waals surface area contributed by atoms with Crippen LogP contribution in [0.1, 0.15) is 18.9 Å². The number of nitrogens with zero attached hydrogens (tertiary/aromatic N) is 3. The van der Waals surface area contributed by atoms with Crippen LogP contribution in [0.15, 0.2) is 60.4 Å². The Morgan fingerprint density at radius 1 is 1.24 bits per heavy atom. The number of hydrogen-bond acceptors (Lipinski definition) is 4. The molecule has 7 nitrogen and oxygen atoms in total. The SMILES string of the molecule is CCC(C(=O)O)=C(c1ccccc1)n1cnc2cc([N+](=O)[O-])ccc21. The summed E-state index contributed by atoms with van der Waals surface area (Å²) in [7, 11) is 0. The summed E-state index contributed by atoms with van der Waals surface area (Å²) >= 11 is 0. The van der Waals surface area contributed by atoms with E-state index in [1.54, 1.807) is 17.6 Å². The summed E-state index contributed by atoms with van der Waals surface area (Å²) in [6.07, 6.45) is 1.82. The zero-order valence-corrected chi connectivity index (χ0v) is 13.4. The topological polar surface area (TPSA) is 98.3 Å². The minimum atomic E-state index is -1.01. The third-order valence-electron chi connectivity index (χ3n) is 3.93. The summed E-state index contributed by atoms with van der Waals surface area (Å²) in [6, 6.07) is 13.5. The number of nitro groups is 1. The molecule has 1 heterocycles. The average Bonchev–Trinajstić information content (AvgIpc) is 3.02. The van der Waals surface area contributed by atoms with Gasteiger partial charge in [-0.25, -0.2) is 9.78 Å². The summed E-state index contributed by atoms with van der Waals surface area (Å²) in [6.45, 7) is 1.77. The summed E-state index contributed by atoms with van der Waals surface area (Å²) < 4.78 is 1.67. The fourth-order valence-electron chi connectivity index (χ4n) is 2.77. The molecule has 0 aliphatic heterocycles. The molecule has 0 aliphatic rings. The largest absolute Gasteiger partial charge is 0.478 e. The molecule has 0 aliphatic carbocycles. The second-order valence-corrected chi connectivity index (χ2v) is 5.40. The predicted molar refractivity (Wildman–Crippen MR) is 93.1 cm³/mol. The van der Waals surface area contributed by atoms with E-state index in [2.05, 4.69) is 4.98 Å². The number of aromatic nitrogens is 2. The summed E-state index contributed by atoms with van der Waals surface area (Å²) in [4.78, 5) is 26.4. The Labute approximate surface area is 143 Å². The van der Waals surface area contributed by atoms with Gasteiger partial charge < -0.3 is 5.11 Å². The fraction of sp³-hybridized carbons (Fsp3) is 0.111. The van der Waals surface area contributed by atoms with E-state index in [0.717, 1.165) is 5.56 Å². The monoisotopic (exact) mass is 337 g/mol. The van der Waals surface area contributed by atoms with E-state index in [9.17, 15) is 20.0 Å². The third-order valence-corrected chi connectivity index (χ3v) is 3.93. The molecule has 0 fully saturated rings. The molecule has 0 atom stereocenters. The van der Waals surface area contributed by atoms with E-state index >= 15 is 0 Å². The van der Waals surface area contributed by atoms with Crippen molar-refractivity contribution in [2.75, 3.05) is 0 Å². The number of non-ortho nitro benzene ring substituents is 1. The van der Waals surface area contributed by atoms with E-state index in [4.69, 9.17) is 0 Å². The Morgan fingerprint density at radius 2 is 1.96 bits per heavy atom. The Kier molecular flexibility index (Phi) is 4.30. The molecule has 0 saturated carbocycles. The highest BCUT2D eigenvalue weighted by Gasteiger charge is 2.19. The number of benzene rings is 2. The van der Waals surface area contributed by atoms with Crippen molar-refractivity contribution in [3.05, 3.63) is 76.1 Å². The molecule has 2 aromatic carbocycles. The fourth-order valence-corrected chi connectivity index (χ4v) is 2.77. The van der Waals surface area contributed by atoms with Crippen molar-refractivity contribution in [2.45, 2.75) is 13.3 Å². The zero-order chi connectivity index (χ0) is 18.0. The van der Waals surface area contributed by atoms with Crippen molar-refractivity contribution < 1.29 is 14.8 Å². The van der Waals surface area contributed by atoms with Gasteiger partial charge in [0.15, 0.2) is 0 Å². The second-order valence-electron chi connectivity index (χ2n) is 5.40. The molecule has 0 radical (unpaired) electrons. The van der Waals surface area contributed by atoms with Gasteiger partial charge in [-0.2, -0.15) is 0 Å². The maximum atomic E-state index is 11.7. The van der Waals surface area contributed by atoms with E-state index in [-0.39, 0.29) is 11.3 Å². The van der Waals surface area contributed by atoms with Gasteiger partial charge in [-0.15, -0.1) is 0 Å². The summed E-state index contributed by atoms with van der Waals surface area (Å²) in [5.41, 5.74) is 2.47. The number of carbonyl (C=O) groups is 1. The number of imidazole rings is 1. The summed E-state index contributed by atoms with van der Waals surface area (Å²) in [5, 5.41) is 20.5. The third kappa shape index (κ3) is 2.99. The number of fused-ring (bicyclic) bond motifs is 1. The number of aliphatic carboxylic acids is 1. The van der Waals surface area contributed by atoms with Gasteiger partial charge in [0.2, 0.25) is 0 Å². The lowest BCUT2D eigenvalue weighted by atomic mass is 10.0. The molecule has 1 N–H and O–H groups in total. The van der Waals surface area contributed by atoms with Crippen molar-refractivity contribution in [1.82, 2.24) is 9.55 Å². The van der Waals surface area contributed by atoms with Crippen LogP contribution < -0.4 is 0 Å². The van der Waals surface area contributed by atoms with Crippen molar-refractivity contribution >= 4 is 28.4 Å². The van der Waals surface area contributed by atoms with Gasteiger partial charge in [0.05, 0.1) is 27.2 Å². The second kappa shape index (κ2) is 6.56. The van der Waals surface area contributed by atoms with Gasteiger partial charge in [0.1, 0.15) is 6.33 Å². The Balaban J connectivity index is 2.30. The summed E-state index contributed by atoms with van der Waals surface area (Å²) in [5.74, 6) is -1.01. The van der Waals surface area contributed by atoms with Gasteiger partial charge in [0.25, 0.3) is 5.69 Å². The molecule has 3 rings (SSSR count). The average molecular weight is 337 g/mol. The van der Waals surface area contributed by atoms with Crippen LogP contribution in [0, 0.1) is 10.1 Å². The standard InChI is InChI=1S/C18H15N3O4/c1-2-14(18(22)23)17(12-6-4-3-5-7-12)20-11-19-15-10-13(21(24)25)8-9-16(15)20/h3-11H,2H2,1H3,(H,22,23). The zero-order valence-electron chi connectivity index (χ0n) is 13.4. The van der Waals surface area contributed by atoms with Crippen molar-refractivity contribution in [2.24, 2.45) is 0 Å². The van der Waals surface area contributed by atoms with E-state index in [1.807, 2.05) is 30.3 Å². The van der Waals surface area contributed by atoms with Crippen LogP contribution in [-0.4, -0.2) is 25.6 Å². The highest BCUT2D eigenvalue weighted by molar-refractivity contribution is 5.98. The lowest BCUT2D eigenvalue weighted by Crippen LogP contribution is -2.09. The molecular formula is C18H15N3O4. The Morgan fingerprint density at radius 3 is 2.56 bits per heavy atom. The molecule has 126 valence electrons. The number of nitro benzene ring substituents is 1. The van der Waals surface area contributed by atoms with Crippen LogP contribution >= 0.6 is 0 Å². The van der Waals surface area contributed by atoms with E-state index in [1.165, 1.54) is 18.5 Å². The van der Waals surface area contributed by atoms with Crippen molar-refractivity contribution in [1.29, 1.82) is 0 Å². The number of carboxylic acids is 1. The van der Waals surface area contributed by atoms with Gasteiger partial charge in [-0.1, -0.05) is 37.3 Å². The maximum Gasteiger partial charge on any atom is 0.333 e. The van der Waals surface area contributed by atoms with Crippen LogP contribution in [0.2, 0.25) is 0 Å². The Bertz CT molecular complexity index is 990.